The Morgan fingerprint density at radius 2 is 2.40 bits per heavy atom. The van der Waals surface area contributed by atoms with Crippen molar-refractivity contribution in [2.24, 2.45) is 0 Å². The molecule has 0 rings (SSSR count). The second-order valence-corrected chi connectivity index (χ2v) is 2.31. The van der Waals surface area contributed by atoms with E-state index in [4.69, 9.17) is 17.0 Å². The Balaban J connectivity index is 3.43. The Morgan fingerprint density at radius 3 is 2.80 bits per heavy atom. The number of carbonyl (C=O) groups excluding carboxylic acids is 1. The lowest BCUT2D eigenvalue weighted by Gasteiger charge is -2.00. The van der Waals surface area contributed by atoms with Gasteiger partial charge in [-0.15, -0.1) is 0 Å². The molecule has 0 unspecified atom stereocenters. The molecule has 0 aromatic heterocycles. The monoisotopic (exact) mass is 158 g/mol. The maximum atomic E-state index is 10.4. The molecule has 3 heteroatoms. The van der Waals surface area contributed by atoms with Crippen LogP contribution in [0, 0.1) is 0 Å². The first kappa shape index (κ1) is 9.30. The van der Waals surface area contributed by atoms with Crippen LogP contribution in [0.5, 0.6) is 0 Å². The molecule has 0 heterocycles. The van der Waals surface area contributed by atoms with Gasteiger partial charge in [-0.1, -0.05) is 12.7 Å². The second-order valence-electron chi connectivity index (χ2n) is 1.85. The van der Waals surface area contributed by atoms with E-state index in [2.05, 4.69) is 6.58 Å². The number of ether oxygens (including phenoxy) is 1. The van der Waals surface area contributed by atoms with E-state index in [1.807, 2.05) is 0 Å². The minimum Gasteiger partial charge on any atom is -0.483 e. The topological polar surface area (TPSA) is 26.3 Å². The van der Waals surface area contributed by atoms with E-state index in [1.165, 1.54) is 6.92 Å². The molecule has 0 aliphatic carbocycles. The van der Waals surface area contributed by atoms with Gasteiger partial charge >= 0.3 is 0 Å². The van der Waals surface area contributed by atoms with Gasteiger partial charge in [0.05, 0.1) is 6.42 Å². The molecule has 0 atom stereocenters. The molecule has 0 aliphatic heterocycles. The third kappa shape index (κ3) is 5.44. The molecule has 0 radical (unpaired) electrons. The van der Waals surface area contributed by atoms with Crippen molar-refractivity contribution in [1.82, 2.24) is 0 Å². The van der Waals surface area contributed by atoms with Gasteiger partial charge in [-0.3, -0.25) is 4.79 Å². The normalized spacial score (nSPS) is 8.50. The Labute approximate surface area is 65.9 Å². The number of hydrogen-bond donors (Lipinski definition) is 0. The maximum absolute atomic E-state index is 10.4. The molecule has 0 spiro atoms. The number of ketones is 1. The highest BCUT2D eigenvalue weighted by Gasteiger charge is 1.99. The fraction of sp³-hybridized carbons (Fsp3) is 0.429. The van der Waals surface area contributed by atoms with E-state index < -0.39 is 0 Å². The summed E-state index contributed by atoms with van der Waals surface area (Å²) in [6.07, 6.45) is 1.82. The standard InChI is InChI=1S/C7H10O2S/c1-3-4-9-7(10)5-6(2)8/h3H,1,4-5H2,2H3. The molecule has 0 aliphatic rings. The predicted octanol–water partition coefficient (Wildman–Crippen LogP) is 1.50. The van der Waals surface area contributed by atoms with Gasteiger partial charge in [0.2, 0.25) is 0 Å². The van der Waals surface area contributed by atoms with Gasteiger partial charge in [0, 0.05) is 0 Å². The highest BCUT2D eigenvalue weighted by Crippen LogP contribution is 1.90. The first-order chi connectivity index (χ1) is 4.66. The van der Waals surface area contributed by atoms with Gasteiger partial charge in [-0.25, -0.2) is 0 Å². The number of rotatable bonds is 4. The van der Waals surface area contributed by atoms with Crippen molar-refractivity contribution in [2.45, 2.75) is 13.3 Å². The molecule has 0 N–H and O–H groups in total. The summed E-state index contributed by atoms with van der Waals surface area (Å²) >= 11 is 4.70. The lowest BCUT2D eigenvalue weighted by atomic mass is 10.3. The summed E-state index contributed by atoms with van der Waals surface area (Å²) in [5.41, 5.74) is 0. The molecular weight excluding hydrogens is 148 g/mol. The molecule has 0 saturated carbocycles. The van der Waals surface area contributed by atoms with Gasteiger partial charge < -0.3 is 4.74 Å². The Kier molecular flexibility index (Phi) is 4.76. The van der Waals surface area contributed by atoms with Crippen LogP contribution in [-0.4, -0.2) is 17.4 Å². The average molecular weight is 158 g/mol. The average Bonchev–Trinajstić information content (AvgIpc) is 1.82. The van der Waals surface area contributed by atoms with E-state index in [-0.39, 0.29) is 12.2 Å². The number of thiocarbonyl (C=S) groups is 1. The van der Waals surface area contributed by atoms with Crippen molar-refractivity contribution in [3.05, 3.63) is 12.7 Å². The van der Waals surface area contributed by atoms with Crippen molar-refractivity contribution < 1.29 is 9.53 Å². The van der Waals surface area contributed by atoms with Crippen molar-refractivity contribution in [1.29, 1.82) is 0 Å². The molecule has 0 bridgehead atoms. The largest absolute Gasteiger partial charge is 0.483 e. The third-order valence-corrected chi connectivity index (χ3v) is 1.02. The maximum Gasteiger partial charge on any atom is 0.167 e. The van der Waals surface area contributed by atoms with E-state index >= 15 is 0 Å². The quantitative estimate of drug-likeness (QED) is 0.458. The summed E-state index contributed by atoms with van der Waals surface area (Å²) in [5.74, 6) is 0.0223. The van der Waals surface area contributed by atoms with Crippen LogP contribution in [-0.2, 0) is 9.53 Å². The summed E-state index contributed by atoms with van der Waals surface area (Å²) in [6, 6.07) is 0. The van der Waals surface area contributed by atoms with Crippen LogP contribution in [0.3, 0.4) is 0 Å². The van der Waals surface area contributed by atoms with E-state index in [0.717, 1.165) is 0 Å². The van der Waals surface area contributed by atoms with Gasteiger partial charge in [-0.05, 0) is 19.1 Å². The Morgan fingerprint density at radius 1 is 1.80 bits per heavy atom. The zero-order valence-electron chi connectivity index (χ0n) is 5.92. The smallest absolute Gasteiger partial charge is 0.167 e. The summed E-state index contributed by atoms with van der Waals surface area (Å²) in [5, 5.41) is 0.340. The number of Topliss-reactive ketones (excluding diaryl/α,β-unsaturated/α-hetero) is 1. The van der Waals surface area contributed by atoms with E-state index in [1.54, 1.807) is 6.08 Å². The van der Waals surface area contributed by atoms with Gasteiger partial charge in [-0.2, -0.15) is 0 Å². The number of hydrogen-bond acceptors (Lipinski definition) is 3. The predicted molar refractivity (Wildman–Crippen MR) is 44.0 cm³/mol. The first-order valence-corrected chi connectivity index (χ1v) is 3.33. The zero-order chi connectivity index (χ0) is 7.98. The van der Waals surface area contributed by atoms with E-state index in [0.29, 0.717) is 11.7 Å². The molecule has 0 aromatic rings. The molecule has 0 saturated heterocycles. The lowest BCUT2D eigenvalue weighted by molar-refractivity contribution is -0.116. The molecular formula is C7H10O2S. The summed E-state index contributed by atoms with van der Waals surface area (Å²) < 4.78 is 4.89. The summed E-state index contributed by atoms with van der Waals surface area (Å²) in [6.45, 7) is 5.30. The summed E-state index contributed by atoms with van der Waals surface area (Å²) in [4.78, 5) is 10.4. The van der Waals surface area contributed by atoms with Gasteiger partial charge in [0.25, 0.3) is 0 Å². The molecule has 0 fully saturated rings. The van der Waals surface area contributed by atoms with Crippen LogP contribution < -0.4 is 0 Å². The van der Waals surface area contributed by atoms with E-state index in [9.17, 15) is 4.79 Å². The van der Waals surface area contributed by atoms with Crippen molar-refractivity contribution in [3.8, 4) is 0 Å². The molecule has 10 heavy (non-hydrogen) atoms. The molecule has 0 aromatic carbocycles. The van der Waals surface area contributed by atoms with Crippen molar-refractivity contribution >= 4 is 23.1 Å². The lowest BCUT2D eigenvalue weighted by Crippen LogP contribution is -2.06. The second kappa shape index (κ2) is 5.11. The van der Waals surface area contributed by atoms with Crippen molar-refractivity contribution in [3.63, 3.8) is 0 Å². The highest BCUT2D eigenvalue weighted by atomic mass is 32.1. The third-order valence-electron chi connectivity index (χ3n) is 0.755. The number of carbonyl (C=O) groups is 1. The van der Waals surface area contributed by atoms with Gasteiger partial charge in [0.15, 0.2) is 5.05 Å². The SMILES string of the molecule is C=CCOC(=S)CC(C)=O. The zero-order valence-corrected chi connectivity index (χ0v) is 6.74. The van der Waals surface area contributed by atoms with Gasteiger partial charge in [0.1, 0.15) is 12.4 Å². The van der Waals surface area contributed by atoms with Crippen LogP contribution in [0.1, 0.15) is 13.3 Å². The van der Waals surface area contributed by atoms with Crippen LogP contribution in [0.2, 0.25) is 0 Å². The molecule has 56 valence electrons. The Hall–Kier alpha value is -0.700. The summed E-state index contributed by atoms with van der Waals surface area (Å²) in [7, 11) is 0. The minimum absolute atomic E-state index is 0.0223. The van der Waals surface area contributed by atoms with Crippen LogP contribution in [0.4, 0.5) is 0 Å². The highest BCUT2D eigenvalue weighted by molar-refractivity contribution is 7.80. The fourth-order valence-corrected chi connectivity index (χ4v) is 0.677. The van der Waals surface area contributed by atoms with Crippen molar-refractivity contribution in [2.75, 3.05) is 6.61 Å². The fourth-order valence-electron chi connectivity index (χ4n) is 0.406. The van der Waals surface area contributed by atoms with Crippen LogP contribution in [0.15, 0.2) is 12.7 Å². The molecule has 0 amide bonds. The Bertz CT molecular complexity index is 152. The van der Waals surface area contributed by atoms with Crippen LogP contribution in [0.25, 0.3) is 0 Å². The van der Waals surface area contributed by atoms with Crippen LogP contribution >= 0.6 is 12.2 Å². The first-order valence-electron chi connectivity index (χ1n) is 2.92. The molecule has 2 nitrogen and oxygen atoms in total. The minimum atomic E-state index is 0.0223.